The second-order valence-electron chi connectivity index (χ2n) is 9.20. The molecular formula is C24H32BrClN3O4P. The van der Waals surface area contributed by atoms with Gasteiger partial charge in [-0.25, -0.2) is 4.98 Å². The SMILES string of the molecule is Cc1cc(N2CCC(CCP(=O)(O)OCl)CC2)c2c(C)cn(-c3c(C)cc(Br)cc3C)c2n1.O. The third kappa shape index (κ3) is 5.53. The second kappa shape index (κ2) is 10.7. The number of nitrogens with zero attached hydrogens (tertiary/aromatic N) is 3. The van der Waals surface area contributed by atoms with Gasteiger partial charge in [-0.3, -0.25) is 4.57 Å². The smallest absolute Gasteiger partial charge is 0.344 e. The number of hydrogen-bond donors (Lipinski definition) is 1. The van der Waals surface area contributed by atoms with E-state index in [4.69, 9.17) is 16.9 Å². The monoisotopic (exact) mass is 571 g/mol. The van der Waals surface area contributed by atoms with Crippen LogP contribution in [0.25, 0.3) is 16.7 Å². The fourth-order valence-electron chi connectivity index (χ4n) is 5.06. The van der Waals surface area contributed by atoms with Gasteiger partial charge < -0.3 is 19.8 Å². The molecule has 0 amide bonds. The Morgan fingerprint density at radius 3 is 2.35 bits per heavy atom. The summed E-state index contributed by atoms with van der Waals surface area (Å²) in [4.78, 5) is 17.0. The molecule has 1 fully saturated rings. The summed E-state index contributed by atoms with van der Waals surface area (Å²) in [5.41, 5.74) is 7.98. The van der Waals surface area contributed by atoms with Crippen LogP contribution in [0.1, 0.15) is 41.6 Å². The van der Waals surface area contributed by atoms with E-state index in [0.29, 0.717) is 12.3 Å². The highest BCUT2D eigenvalue weighted by molar-refractivity contribution is 9.10. The van der Waals surface area contributed by atoms with Gasteiger partial charge in [-0.15, -0.1) is 0 Å². The summed E-state index contributed by atoms with van der Waals surface area (Å²) in [5, 5.41) is 1.19. The van der Waals surface area contributed by atoms with E-state index >= 15 is 0 Å². The van der Waals surface area contributed by atoms with Crippen LogP contribution in [-0.4, -0.2) is 39.2 Å². The first-order valence-corrected chi connectivity index (χ1v) is 14.1. The zero-order chi connectivity index (χ0) is 23.9. The third-order valence-electron chi connectivity index (χ3n) is 6.63. The van der Waals surface area contributed by atoms with Gasteiger partial charge in [0.2, 0.25) is 0 Å². The second-order valence-corrected chi connectivity index (χ2v) is 12.4. The zero-order valence-electron chi connectivity index (χ0n) is 19.9. The fourth-order valence-corrected chi connectivity index (χ4v) is 6.71. The van der Waals surface area contributed by atoms with Gasteiger partial charge >= 0.3 is 7.60 Å². The number of anilines is 1. The predicted octanol–water partition coefficient (Wildman–Crippen LogP) is 6.16. The van der Waals surface area contributed by atoms with Crippen molar-refractivity contribution >= 4 is 52.1 Å². The normalized spacial score (nSPS) is 16.5. The standard InChI is InChI=1S/C24H30BrClN3O3P.H2O/c1-15-11-20(25)12-16(2)23(15)29-14-17(3)22-21(13-18(4)27-24(22)29)28-8-5-19(6-9-28)7-10-33(30,31)32-26;/h11-14,19H,5-10H2,1-4H3,(H,30,31);1H2. The summed E-state index contributed by atoms with van der Waals surface area (Å²) in [6.07, 6.45) is 4.89. The van der Waals surface area contributed by atoms with Crippen molar-refractivity contribution in [1.82, 2.24) is 9.55 Å². The molecule has 3 N–H and O–H groups in total. The molecule has 4 rings (SSSR count). The summed E-state index contributed by atoms with van der Waals surface area (Å²) in [5.74, 6) is 0.394. The van der Waals surface area contributed by atoms with Crippen molar-refractivity contribution in [3.05, 3.63) is 51.3 Å². The molecule has 1 aliphatic heterocycles. The molecule has 1 aromatic carbocycles. The largest absolute Gasteiger partial charge is 0.412 e. The highest BCUT2D eigenvalue weighted by Gasteiger charge is 2.26. The van der Waals surface area contributed by atoms with Gasteiger partial charge in [-0.2, -0.15) is 4.08 Å². The summed E-state index contributed by atoms with van der Waals surface area (Å²) < 4.78 is 19.2. The Labute approximate surface area is 214 Å². The van der Waals surface area contributed by atoms with E-state index in [2.05, 4.69) is 81.6 Å². The van der Waals surface area contributed by atoms with Crippen molar-refractivity contribution in [2.45, 2.75) is 47.0 Å². The van der Waals surface area contributed by atoms with Crippen LogP contribution < -0.4 is 4.90 Å². The lowest BCUT2D eigenvalue weighted by atomic mass is 9.93. The summed E-state index contributed by atoms with van der Waals surface area (Å²) in [6, 6.07) is 6.47. The minimum absolute atomic E-state index is 0. The van der Waals surface area contributed by atoms with Gasteiger partial charge in [-0.05, 0) is 87.8 Å². The number of aromatic nitrogens is 2. The van der Waals surface area contributed by atoms with Crippen LogP contribution in [0.15, 0.2) is 28.9 Å². The van der Waals surface area contributed by atoms with Gasteiger partial charge in [0.25, 0.3) is 0 Å². The Morgan fingerprint density at radius 2 is 1.76 bits per heavy atom. The molecular weight excluding hydrogens is 541 g/mol. The number of hydrogen-bond acceptors (Lipinski definition) is 4. The molecule has 186 valence electrons. The van der Waals surface area contributed by atoms with Gasteiger partial charge in [-0.1, -0.05) is 15.9 Å². The number of pyridine rings is 1. The van der Waals surface area contributed by atoms with E-state index in [1.54, 1.807) is 0 Å². The highest BCUT2D eigenvalue weighted by Crippen LogP contribution is 2.45. The topological polar surface area (TPSA) is 99.1 Å². The van der Waals surface area contributed by atoms with Crippen molar-refractivity contribution in [3.63, 3.8) is 0 Å². The molecule has 0 aliphatic carbocycles. The highest BCUT2D eigenvalue weighted by atomic mass is 79.9. The molecule has 0 saturated carbocycles. The fraction of sp³-hybridized carbons (Fsp3) is 0.458. The van der Waals surface area contributed by atoms with Crippen molar-refractivity contribution in [2.24, 2.45) is 5.92 Å². The average Bonchev–Trinajstić information content (AvgIpc) is 3.07. The van der Waals surface area contributed by atoms with Crippen LogP contribution in [0.3, 0.4) is 0 Å². The van der Waals surface area contributed by atoms with Crippen LogP contribution in [0.2, 0.25) is 0 Å². The minimum atomic E-state index is -3.66. The molecule has 7 nitrogen and oxygen atoms in total. The molecule has 34 heavy (non-hydrogen) atoms. The Bertz CT molecular complexity index is 1220. The molecule has 0 radical (unpaired) electrons. The van der Waals surface area contributed by atoms with Gasteiger partial charge in [0, 0.05) is 40.5 Å². The predicted molar refractivity (Wildman–Crippen MR) is 143 cm³/mol. The van der Waals surface area contributed by atoms with Crippen molar-refractivity contribution in [3.8, 4) is 5.69 Å². The lowest BCUT2D eigenvalue weighted by Crippen LogP contribution is -2.34. The van der Waals surface area contributed by atoms with Gasteiger partial charge in [0.1, 0.15) is 5.65 Å². The van der Waals surface area contributed by atoms with Gasteiger partial charge in [0.15, 0.2) is 0 Å². The number of halogens is 2. The van der Waals surface area contributed by atoms with E-state index in [0.717, 1.165) is 41.7 Å². The first-order chi connectivity index (χ1) is 15.6. The number of rotatable bonds is 6. The van der Waals surface area contributed by atoms with Crippen molar-refractivity contribution in [1.29, 1.82) is 0 Å². The molecule has 0 bridgehead atoms. The van der Waals surface area contributed by atoms with E-state index < -0.39 is 7.60 Å². The van der Waals surface area contributed by atoms with Crippen LogP contribution in [0.5, 0.6) is 0 Å². The molecule has 2 aromatic heterocycles. The van der Waals surface area contributed by atoms with E-state index in [-0.39, 0.29) is 11.6 Å². The summed E-state index contributed by atoms with van der Waals surface area (Å²) >= 11 is 8.75. The molecule has 3 aromatic rings. The molecule has 1 aliphatic rings. The van der Waals surface area contributed by atoms with E-state index in [1.807, 2.05) is 0 Å². The molecule has 1 atom stereocenters. The van der Waals surface area contributed by atoms with Crippen LogP contribution in [0.4, 0.5) is 5.69 Å². The molecule has 1 unspecified atom stereocenters. The molecule has 0 spiro atoms. The Kier molecular flexibility index (Phi) is 8.54. The summed E-state index contributed by atoms with van der Waals surface area (Å²) in [7, 11) is -3.66. The number of fused-ring (bicyclic) bond motifs is 1. The Balaban J connectivity index is 0.00000324. The first kappa shape index (κ1) is 27.2. The molecule has 1 saturated heterocycles. The molecule has 10 heteroatoms. The number of benzene rings is 1. The quantitative estimate of drug-likeness (QED) is 0.357. The van der Waals surface area contributed by atoms with E-state index in [1.165, 1.54) is 33.5 Å². The van der Waals surface area contributed by atoms with Crippen molar-refractivity contribution < 1.29 is 19.0 Å². The van der Waals surface area contributed by atoms with E-state index in [9.17, 15) is 9.46 Å². The lowest BCUT2D eigenvalue weighted by molar-refractivity contribution is 0.363. The maximum absolute atomic E-state index is 11.7. The maximum atomic E-state index is 11.7. The number of piperidine rings is 1. The van der Waals surface area contributed by atoms with Crippen LogP contribution in [-0.2, 0) is 8.64 Å². The van der Waals surface area contributed by atoms with Gasteiger partial charge in [0.05, 0.1) is 23.7 Å². The van der Waals surface area contributed by atoms with Crippen LogP contribution in [0, 0.1) is 33.6 Å². The first-order valence-electron chi connectivity index (χ1n) is 11.2. The Hall–Kier alpha value is -1.41. The Morgan fingerprint density at radius 1 is 1.15 bits per heavy atom. The zero-order valence-corrected chi connectivity index (χ0v) is 23.2. The number of aryl methyl sites for hydroxylation is 4. The van der Waals surface area contributed by atoms with Crippen LogP contribution >= 0.6 is 35.4 Å². The average molecular weight is 573 g/mol. The third-order valence-corrected chi connectivity index (χ3v) is 8.78. The maximum Gasteiger partial charge on any atom is 0.344 e. The van der Waals surface area contributed by atoms with Crippen molar-refractivity contribution in [2.75, 3.05) is 24.2 Å². The minimum Gasteiger partial charge on any atom is -0.412 e. The molecule has 3 heterocycles. The lowest BCUT2D eigenvalue weighted by Gasteiger charge is -2.34. The summed E-state index contributed by atoms with van der Waals surface area (Å²) in [6.45, 7) is 10.3.